The molecule has 1 aromatic rings. The Kier molecular flexibility index (Phi) is 4.80. The Morgan fingerprint density at radius 3 is 2.52 bits per heavy atom. The molecule has 0 bridgehead atoms. The van der Waals surface area contributed by atoms with E-state index in [2.05, 4.69) is 5.32 Å². The molecule has 6 heteroatoms. The first-order chi connectivity index (χ1) is 9.99. The molecule has 0 spiro atoms. The molecule has 1 aromatic carbocycles. The third kappa shape index (κ3) is 4.19. The van der Waals surface area contributed by atoms with Gasteiger partial charge in [-0.3, -0.25) is 0 Å². The highest BCUT2D eigenvalue weighted by Gasteiger charge is 2.45. The first-order valence-electron chi connectivity index (χ1n) is 6.87. The minimum absolute atomic E-state index is 0.0274. The minimum Gasteiger partial charge on any atom is -0.479 e. The topological polar surface area (TPSA) is 95.9 Å². The summed E-state index contributed by atoms with van der Waals surface area (Å²) in [5.41, 5.74) is 0.836. The summed E-state index contributed by atoms with van der Waals surface area (Å²) >= 11 is 0. The standard InChI is InChI=1S/C15H19NO5/c1-9-7-11(9)12(13(17)14(18)19)16-15(20)21-8-10-5-3-2-4-6-10/h2-6,9,11-13,17H,7-8H2,1H3,(H,16,20)(H,18,19). The van der Waals surface area contributed by atoms with E-state index in [1.54, 1.807) is 0 Å². The fourth-order valence-electron chi connectivity index (χ4n) is 2.33. The highest BCUT2D eigenvalue weighted by molar-refractivity contribution is 5.75. The van der Waals surface area contributed by atoms with Gasteiger partial charge in [0.05, 0.1) is 6.04 Å². The predicted octanol–water partition coefficient (Wildman–Crippen LogP) is 1.38. The zero-order valence-corrected chi connectivity index (χ0v) is 11.7. The third-order valence-electron chi connectivity index (χ3n) is 3.72. The molecule has 4 unspecified atom stereocenters. The summed E-state index contributed by atoms with van der Waals surface area (Å²) in [6, 6.07) is 8.34. The van der Waals surface area contributed by atoms with Crippen LogP contribution in [0.25, 0.3) is 0 Å². The van der Waals surface area contributed by atoms with Gasteiger partial charge in [-0.2, -0.15) is 0 Å². The summed E-state index contributed by atoms with van der Waals surface area (Å²) in [5, 5.41) is 21.0. The molecule has 1 amide bonds. The Labute approximate surface area is 122 Å². The van der Waals surface area contributed by atoms with Crippen LogP contribution < -0.4 is 5.32 Å². The van der Waals surface area contributed by atoms with Gasteiger partial charge in [-0.25, -0.2) is 9.59 Å². The largest absolute Gasteiger partial charge is 0.479 e. The Morgan fingerprint density at radius 2 is 2.00 bits per heavy atom. The number of carbonyl (C=O) groups excluding carboxylic acids is 1. The molecule has 2 rings (SSSR count). The van der Waals surface area contributed by atoms with Crippen molar-refractivity contribution in [3.05, 3.63) is 35.9 Å². The van der Waals surface area contributed by atoms with E-state index in [4.69, 9.17) is 9.84 Å². The lowest BCUT2D eigenvalue weighted by Gasteiger charge is -2.21. The second-order valence-electron chi connectivity index (χ2n) is 5.39. The number of hydrogen-bond donors (Lipinski definition) is 3. The lowest BCUT2D eigenvalue weighted by Crippen LogP contribution is -2.48. The van der Waals surface area contributed by atoms with Crippen LogP contribution in [-0.2, 0) is 16.1 Å². The Bertz CT molecular complexity index is 504. The molecule has 0 radical (unpaired) electrons. The predicted molar refractivity (Wildman–Crippen MR) is 74.5 cm³/mol. The van der Waals surface area contributed by atoms with Crippen LogP contribution in [0.3, 0.4) is 0 Å². The van der Waals surface area contributed by atoms with Crippen molar-refractivity contribution in [3.63, 3.8) is 0 Å². The normalized spacial score (nSPS) is 23.0. The number of carboxylic acids is 1. The van der Waals surface area contributed by atoms with Crippen molar-refractivity contribution >= 4 is 12.1 Å². The lowest BCUT2D eigenvalue weighted by molar-refractivity contribution is -0.148. The van der Waals surface area contributed by atoms with Gasteiger partial charge in [0.25, 0.3) is 0 Å². The molecule has 6 nitrogen and oxygen atoms in total. The van der Waals surface area contributed by atoms with Gasteiger partial charge in [-0.05, 0) is 23.8 Å². The van der Waals surface area contributed by atoms with Crippen molar-refractivity contribution in [2.75, 3.05) is 0 Å². The van der Waals surface area contributed by atoms with E-state index in [1.807, 2.05) is 37.3 Å². The number of ether oxygens (including phenoxy) is 1. The first kappa shape index (κ1) is 15.3. The number of aliphatic hydroxyl groups is 1. The van der Waals surface area contributed by atoms with E-state index in [-0.39, 0.29) is 12.5 Å². The summed E-state index contributed by atoms with van der Waals surface area (Å²) in [7, 11) is 0. The van der Waals surface area contributed by atoms with E-state index < -0.39 is 24.2 Å². The van der Waals surface area contributed by atoms with E-state index in [1.165, 1.54) is 0 Å². The number of amides is 1. The highest BCUT2D eigenvalue weighted by Crippen LogP contribution is 2.41. The molecule has 3 N–H and O–H groups in total. The van der Waals surface area contributed by atoms with Crippen molar-refractivity contribution in [3.8, 4) is 0 Å². The van der Waals surface area contributed by atoms with Crippen molar-refractivity contribution < 1.29 is 24.5 Å². The van der Waals surface area contributed by atoms with Gasteiger partial charge in [0.1, 0.15) is 6.61 Å². The number of carboxylic acid groups (broad SMARTS) is 1. The van der Waals surface area contributed by atoms with Gasteiger partial charge in [0.15, 0.2) is 6.10 Å². The third-order valence-corrected chi connectivity index (χ3v) is 3.72. The van der Waals surface area contributed by atoms with Gasteiger partial charge < -0.3 is 20.3 Å². The van der Waals surface area contributed by atoms with Crippen molar-refractivity contribution in [1.29, 1.82) is 0 Å². The summed E-state index contributed by atoms with van der Waals surface area (Å²) in [6.07, 6.45) is -1.55. The molecule has 114 valence electrons. The molecule has 4 atom stereocenters. The fraction of sp³-hybridized carbons (Fsp3) is 0.467. The zero-order valence-electron chi connectivity index (χ0n) is 11.7. The van der Waals surface area contributed by atoms with E-state index in [0.29, 0.717) is 5.92 Å². The summed E-state index contributed by atoms with van der Waals surface area (Å²) < 4.78 is 5.05. The minimum atomic E-state index is -1.62. The quantitative estimate of drug-likeness (QED) is 0.736. The maximum absolute atomic E-state index is 11.8. The van der Waals surface area contributed by atoms with Crippen molar-refractivity contribution in [1.82, 2.24) is 5.32 Å². The SMILES string of the molecule is CC1CC1C(NC(=O)OCc1ccccc1)C(O)C(=O)O. The number of hydrogen-bond acceptors (Lipinski definition) is 4. The van der Waals surface area contributed by atoms with Crippen LogP contribution >= 0.6 is 0 Å². The molecule has 1 saturated carbocycles. The van der Waals surface area contributed by atoms with Crippen LogP contribution in [0.4, 0.5) is 4.79 Å². The highest BCUT2D eigenvalue weighted by atomic mass is 16.5. The van der Waals surface area contributed by atoms with Crippen LogP contribution in [0.5, 0.6) is 0 Å². The Morgan fingerprint density at radius 1 is 1.38 bits per heavy atom. The van der Waals surface area contributed by atoms with Crippen LogP contribution in [-0.4, -0.2) is 34.4 Å². The summed E-state index contributed by atoms with van der Waals surface area (Å²) in [6.45, 7) is 2.05. The smallest absolute Gasteiger partial charge is 0.407 e. The number of aliphatic carboxylic acids is 1. The zero-order chi connectivity index (χ0) is 15.4. The molecule has 1 aliphatic carbocycles. The maximum atomic E-state index is 11.8. The first-order valence-corrected chi connectivity index (χ1v) is 6.87. The molecule has 0 saturated heterocycles. The van der Waals surface area contributed by atoms with Gasteiger partial charge >= 0.3 is 12.1 Å². The van der Waals surface area contributed by atoms with E-state index >= 15 is 0 Å². The molecule has 0 heterocycles. The molecular formula is C15H19NO5. The van der Waals surface area contributed by atoms with Gasteiger partial charge in [-0.1, -0.05) is 37.3 Å². The lowest BCUT2D eigenvalue weighted by atomic mass is 10.1. The van der Waals surface area contributed by atoms with Gasteiger partial charge in [0, 0.05) is 0 Å². The van der Waals surface area contributed by atoms with Crippen LogP contribution in [0.15, 0.2) is 30.3 Å². The Hall–Kier alpha value is -2.08. The second kappa shape index (κ2) is 6.58. The Balaban J connectivity index is 1.88. The average Bonchev–Trinajstić information content (AvgIpc) is 3.19. The van der Waals surface area contributed by atoms with Crippen molar-refractivity contribution in [2.45, 2.75) is 32.1 Å². The number of benzene rings is 1. The number of alkyl carbamates (subject to hydrolysis) is 1. The number of rotatable bonds is 6. The molecule has 0 aliphatic heterocycles. The monoisotopic (exact) mass is 293 g/mol. The molecular weight excluding hydrogens is 274 g/mol. The molecule has 1 fully saturated rings. The molecule has 1 aliphatic rings. The number of nitrogens with one attached hydrogen (secondary N) is 1. The van der Waals surface area contributed by atoms with Gasteiger partial charge in [-0.15, -0.1) is 0 Å². The van der Waals surface area contributed by atoms with Crippen LogP contribution in [0.1, 0.15) is 18.9 Å². The fourth-order valence-corrected chi connectivity index (χ4v) is 2.33. The van der Waals surface area contributed by atoms with Crippen LogP contribution in [0, 0.1) is 11.8 Å². The summed E-state index contributed by atoms with van der Waals surface area (Å²) in [5.74, 6) is -1.08. The molecule has 21 heavy (non-hydrogen) atoms. The van der Waals surface area contributed by atoms with Gasteiger partial charge in [0.2, 0.25) is 0 Å². The molecule has 0 aromatic heterocycles. The maximum Gasteiger partial charge on any atom is 0.407 e. The van der Waals surface area contributed by atoms with Crippen LogP contribution in [0.2, 0.25) is 0 Å². The second-order valence-corrected chi connectivity index (χ2v) is 5.39. The van der Waals surface area contributed by atoms with Crippen molar-refractivity contribution in [2.24, 2.45) is 11.8 Å². The van der Waals surface area contributed by atoms with E-state index in [0.717, 1.165) is 12.0 Å². The number of aliphatic hydroxyl groups excluding tert-OH is 1. The number of carbonyl (C=O) groups is 2. The van der Waals surface area contributed by atoms with E-state index in [9.17, 15) is 14.7 Å². The summed E-state index contributed by atoms with van der Waals surface area (Å²) in [4.78, 5) is 22.7. The average molecular weight is 293 g/mol.